The van der Waals surface area contributed by atoms with E-state index in [9.17, 15) is 15.0 Å². The maximum absolute atomic E-state index is 13.0. The Balaban J connectivity index is 1.70. The summed E-state index contributed by atoms with van der Waals surface area (Å²) in [6.07, 6.45) is -5.18. The normalized spacial score (nSPS) is 25.8. The third kappa shape index (κ3) is 6.71. The number of rotatable bonds is 7. The third-order valence-electron chi connectivity index (χ3n) is 4.79. The Morgan fingerprint density at radius 2 is 1.76 bits per heavy atom. The number of aliphatic hydroxyl groups excluding tert-OH is 2. The minimum atomic E-state index is -1.37. The number of hydrogen-bond donors (Lipinski definition) is 3. The highest BCUT2D eigenvalue weighted by molar-refractivity contribution is 5.81. The lowest BCUT2D eigenvalue weighted by Gasteiger charge is -2.44. The first-order valence-corrected chi connectivity index (χ1v) is 10.8. The van der Waals surface area contributed by atoms with Gasteiger partial charge in [0.05, 0.1) is 11.7 Å². The van der Waals surface area contributed by atoms with Crippen LogP contribution in [0.5, 0.6) is 0 Å². The number of nitrogens with zero attached hydrogens (tertiary/aromatic N) is 4. The SMILES string of the molecule is CC(C)O[C@@H]1OC(C(=O)NCc2ccc(-c3nncnn3)cc2)[C@@H](OC(C)(C)C)C(O)C1O. The summed E-state index contributed by atoms with van der Waals surface area (Å²) >= 11 is 0. The molecule has 1 fully saturated rings. The van der Waals surface area contributed by atoms with Gasteiger partial charge in [-0.15, -0.1) is 20.4 Å². The fraction of sp³-hybridized carbons (Fsp3) is 0.591. The van der Waals surface area contributed by atoms with Gasteiger partial charge in [-0.1, -0.05) is 24.3 Å². The zero-order valence-corrected chi connectivity index (χ0v) is 19.4. The lowest BCUT2D eigenvalue weighted by atomic mass is 9.96. The molecule has 33 heavy (non-hydrogen) atoms. The second-order valence-electron chi connectivity index (χ2n) is 9.07. The maximum atomic E-state index is 13.0. The van der Waals surface area contributed by atoms with Crippen molar-refractivity contribution in [3.8, 4) is 11.4 Å². The van der Waals surface area contributed by atoms with E-state index < -0.39 is 42.2 Å². The quantitative estimate of drug-likeness (QED) is 0.535. The lowest BCUT2D eigenvalue weighted by Crippen LogP contribution is -2.64. The fourth-order valence-corrected chi connectivity index (χ4v) is 3.35. The van der Waals surface area contributed by atoms with Gasteiger partial charge in [0.25, 0.3) is 5.91 Å². The van der Waals surface area contributed by atoms with E-state index >= 15 is 0 Å². The molecule has 1 amide bonds. The van der Waals surface area contributed by atoms with Crippen LogP contribution in [0.3, 0.4) is 0 Å². The molecule has 1 aromatic heterocycles. The topological polar surface area (TPSA) is 149 Å². The summed E-state index contributed by atoms with van der Waals surface area (Å²) in [7, 11) is 0. The van der Waals surface area contributed by atoms with Crippen LogP contribution in [0.4, 0.5) is 0 Å². The summed E-state index contributed by atoms with van der Waals surface area (Å²) < 4.78 is 17.2. The van der Waals surface area contributed by atoms with E-state index in [-0.39, 0.29) is 12.6 Å². The summed E-state index contributed by atoms with van der Waals surface area (Å²) in [5, 5.41) is 39.2. The zero-order chi connectivity index (χ0) is 24.2. The van der Waals surface area contributed by atoms with Crippen molar-refractivity contribution in [3.05, 3.63) is 36.2 Å². The molecule has 3 unspecified atom stereocenters. The van der Waals surface area contributed by atoms with E-state index in [2.05, 4.69) is 25.7 Å². The summed E-state index contributed by atoms with van der Waals surface area (Å²) in [6, 6.07) is 7.24. The lowest BCUT2D eigenvalue weighted by molar-refractivity contribution is -0.313. The molecule has 1 aliphatic heterocycles. The van der Waals surface area contributed by atoms with Crippen LogP contribution in [0.15, 0.2) is 30.6 Å². The van der Waals surface area contributed by atoms with Crippen molar-refractivity contribution >= 4 is 5.91 Å². The molecule has 2 aromatic rings. The summed E-state index contributed by atoms with van der Waals surface area (Å²) in [5.74, 6) is -0.0916. The van der Waals surface area contributed by atoms with Gasteiger partial charge in [0.1, 0.15) is 18.3 Å². The van der Waals surface area contributed by atoms with Gasteiger partial charge in [-0.25, -0.2) is 0 Å². The van der Waals surface area contributed by atoms with Gasteiger partial charge >= 0.3 is 0 Å². The molecule has 1 aromatic carbocycles. The van der Waals surface area contributed by atoms with Gasteiger partial charge in [0.15, 0.2) is 18.7 Å². The van der Waals surface area contributed by atoms with Crippen molar-refractivity contribution in [2.45, 2.75) is 83.6 Å². The van der Waals surface area contributed by atoms with Crippen molar-refractivity contribution in [1.82, 2.24) is 25.7 Å². The van der Waals surface area contributed by atoms with E-state index in [1.54, 1.807) is 46.8 Å². The minimum absolute atomic E-state index is 0.210. The van der Waals surface area contributed by atoms with E-state index in [4.69, 9.17) is 14.2 Å². The number of amides is 1. The number of carbonyl (C=O) groups is 1. The van der Waals surface area contributed by atoms with Crippen LogP contribution in [0, 0.1) is 0 Å². The van der Waals surface area contributed by atoms with Crippen LogP contribution in [-0.4, -0.2) is 78.9 Å². The highest BCUT2D eigenvalue weighted by Crippen LogP contribution is 2.28. The van der Waals surface area contributed by atoms with Crippen LogP contribution in [-0.2, 0) is 25.5 Å². The van der Waals surface area contributed by atoms with E-state index in [0.29, 0.717) is 5.82 Å². The first-order chi connectivity index (χ1) is 15.5. The number of nitrogens with one attached hydrogen (secondary N) is 1. The molecular formula is C22H31N5O6. The Bertz CT molecular complexity index is 906. The summed E-state index contributed by atoms with van der Waals surface area (Å²) in [4.78, 5) is 13.0. The predicted octanol–water partition coefficient (Wildman–Crippen LogP) is 0.605. The van der Waals surface area contributed by atoms with Crippen LogP contribution in [0.25, 0.3) is 11.4 Å². The summed E-state index contributed by atoms with van der Waals surface area (Å²) in [6.45, 7) is 9.13. The molecule has 0 saturated carbocycles. The number of hydrogen-bond acceptors (Lipinski definition) is 10. The number of ether oxygens (including phenoxy) is 3. The number of aromatic nitrogens is 4. The molecule has 5 atom stereocenters. The van der Waals surface area contributed by atoms with Gasteiger partial charge in [-0.3, -0.25) is 4.79 Å². The van der Waals surface area contributed by atoms with Crippen molar-refractivity contribution in [2.24, 2.45) is 0 Å². The van der Waals surface area contributed by atoms with E-state index in [1.807, 2.05) is 12.1 Å². The molecule has 3 rings (SSSR count). The number of aliphatic hydroxyl groups is 2. The molecule has 0 spiro atoms. The number of carbonyl (C=O) groups excluding carboxylic acids is 1. The van der Waals surface area contributed by atoms with E-state index in [0.717, 1.165) is 11.1 Å². The first-order valence-electron chi connectivity index (χ1n) is 10.8. The molecule has 0 aliphatic carbocycles. The van der Waals surface area contributed by atoms with Crippen molar-refractivity contribution in [1.29, 1.82) is 0 Å². The molecule has 3 N–H and O–H groups in total. The molecule has 11 heteroatoms. The molecule has 0 radical (unpaired) electrons. The predicted molar refractivity (Wildman–Crippen MR) is 116 cm³/mol. The van der Waals surface area contributed by atoms with Crippen molar-refractivity contribution in [3.63, 3.8) is 0 Å². The minimum Gasteiger partial charge on any atom is -0.387 e. The van der Waals surface area contributed by atoms with Crippen LogP contribution in [0.2, 0.25) is 0 Å². The van der Waals surface area contributed by atoms with Crippen LogP contribution in [0.1, 0.15) is 40.2 Å². The smallest absolute Gasteiger partial charge is 0.252 e. The largest absolute Gasteiger partial charge is 0.387 e. The standard InChI is InChI=1S/C22H31N5O6/c1-12(2)31-21-16(29)15(28)17(33-22(3,4)5)18(32-21)20(30)23-10-13-6-8-14(9-7-13)19-26-24-11-25-27-19/h6-9,11-12,15-18,21,28-29H,10H2,1-5H3,(H,23,30)/t15?,16?,17-,18?,21+/m0/s1. The Hall–Kier alpha value is -2.57. The van der Waals surface area contributed by atoms with Gasteiger partial charge < -0.3 is 29.7 Å². The molecule has 180 valence electrons. The monoisotopic (exact) mass is 461 g/mol. The molecule has 1 aliphatic rings. The zero-order valence-electron chi connectivity index (χ0n) is 19.4. The van der Waals surface area contributed by atoms with Gasteiger partial charge in [0, 0.05) is 12.1 Å². The molecule has 1 saturated heterocycles. The van der Waals surface area contributed by atoms with Gasteiger partial charge in [-0.05, 0) is 40.2 Å². The second kappa shape index (κ2) is 10.6. The molecule has 0 bridgehead atoms. The maximum Gasteiger partial charge on any atom is 0.252 e. The average Bonchev–Trinajstić information content (AvgIpc) is 2.77. The average molecular weight is 462 g/mol. The Kier molecular flexibility index (Phi) is 8.03. The summed E-state index contributed by atoms with van der Waals surface area (Å²) in [5.41, 5.74) is 0.882. The van der Waals surface area contributed by atoms with E-state index in [1.165, 1.54) is 6.33 Å². The Morgan fingerprint density at radius 3 is 2.33 bits per heavy atom. The van der Waals surface area contributed by atoms with Crippen molar-refractivity contribution < 1.29 is 29.2 Å². The molecule has 11 nitrogen and oxygen atoms in total. The Labute approximate surface area is 192 Å². The fourth-order valence-electron chi connectivity index (χ4n) is 3.35. The third-order valence-corrected chi connectivity index (χ3v) is 4.79. The second-order valence-corrected chi connectivity index (χ2v) is 9.07. The Morgan fingerprint density at radius 1 is 1.12 bits per heavy atom. The van der Waals surface area contributed by atoms with Gasteiger partial charge in [0.2, 0.25) is 5.82 Å². The van der Waals surface area contributed by atoms with Gasteiger partial charge in [-0.2, -0.15) is 0 Å². The highest BCUT2D eigenvalue weighted by Gasteiger charge is 2.50. The first kappa shape index (κ1) is 25.1. The molecule has 2 heterocycles. The molecular weight excluding hydrogens is 430 g/mol. The number of benzene rings is 1. The van der Waals surface area contributed by atoms with Crippen molar-refractivity contribution in [2.75, 3.05) is 0 Å². The van der Waals surface area contributed by atoms with Crippen LogP contribution < -0.4 is 5.32 Å². The highest BCUT2D eigenvalue weighted by atomic mass is 16.7. The van der Waals surface area contributed by atoms with Crippen LogP contribution >= 0.6 is 0 Å².